The maximum atomic E-state index is 12.6. The molecule has 0 radical (unpaired) electrons. The van der Waals surface area contributed by atoms with E-state index in [1.807, 2.05) is 6.07 Å². The number of amides is 2. The minimum atomic E-state index is -0.515. The number of carbonyl (C=O) groups is 2. The van der Waals surface area contributed by atoms with E-state index in [9.17, 15) is 9.59 Å². The van der Waals surface area contributed by atoms with E-state index in [1.54, 1.807) is 24.3 Å². The summed E-state index contributed by atoms with van der Waals surface area (Å²) in [5.74, 6) is 1.59. The van der Waals surface area contributed by atoms with Crippen molar-refractivity contribution in [2.45, 2.75) is 0 Å². The van der Waals surface area contributed by atoms with E-state index in [1.165, 1.54) is 23.2 Å². The molecule has 1 fully saturated rings. The van der Waals surface area contributed by atoms with Crippen LogP contribution < -0.4 is 15.2 Å². The summed E-state index contributed by atoms with van der Waals surface area (Å²) >= 11 is 12.3. The zero-order valence-corrected chi connectivity index (χ0v) is 14.8. The van der Waals surface area contributed by atoms with Crippen molar-refractivity contribution in [1.29, 1.82) is 0 Å². The Morgan fingerprint density at radius 2 is 1.81 bits per heavy atom. The Morgan fingerprint density at radius 1 is 1.15 bits per heavy atom. The summed E-state index contributed by atoms with van der Waals surface area (Å²) in [5.41, 5.74) is 3.54. The molecule has 0 atom stereocenters. The lowest BCUT2D eigenvalue weighted by atomic mass is 10.1. The Bertz CT molecular complexity index is 926. The normalized spacial score (nSPS) is 15.1. The minimum absolute atomic E-state index is 0.0206. The number of para-hydroxylation sites is 1. The van der Waals surface area contributed by atoms with Crippen molar-refractivity contribution in [1.82, 2.24) is 5.43 Å². The molecule has 2 amide bonds. The molecule has 2 aromatic carbocycles. The number of benzene rings is 2. The molecular weight excluding hydrogens is 375 g/mol. The smallest absolute Gasteiger partial charge is 0.282 e. The molecule has 1 heterocycles. The fourth-order valence-electron chi connectivity index (χ4n) is 2.40. The maximum absolute atomic E-state index is 12.6. The maximum Gasteiger partial charge on any atom is 0.282 e. The number of ether oxygens (including phenoxy) is 1. The van der Waals surface area contributed by atoms with Crippen LogP contribution in [0.25, 0.3) is 6.08 Å². The first-order valence-electron chi connectivity index (χ1n) is 7.48. The minimum Gasteiger partial charge on any atom is -0.478 e. The second-order valence-corrected chi connectivity index (χ2v) is 6.10. The molecule has 0 unspecified atom stereocenters. The Kier molecular flexibility index (Phi) is 5.17. The lowest BCUT2D eigenvalue weighted by molar-refractivity contribution is -0.117. The predicted molar refractivity (Wildman–Crippen MR) is 101 cm³/mol. The molecule has 26 heavy (non-hydrogen) atoms. The highest BCUT2D eigenvalue weighted by Crippen LogP contribution is 2.35. The topological polar surface area (TPSA) is 58.6 Å². The lowest BCUT2D eigenvalue weighted by Crippen LogP contribution is -2.35. The third-order valence-electron chi connectivity index (χ3n) is 3.54. The van der Waals surface area contributed by atoms with Crippen LogP contribution in [0.1, 0.15) is 5.56 Å². The van der Waals surface area contributed by atoms with Crippen molar-refractivity contribution in [2.24, 2.45) is 0 Å². The van der Waals surface area contributed by atoms with E-state index >= 15 is 0 Å². The van der Waals surface area contributed by atoms with Gasteiger partial charge in [-0.1, -0.05) is 47.3 Å². The van der Waals surface area contributed by atoms with Crippen molar-refractivity contribution >= 4 is 46.8 Å². The number of terminal acetylenes is 1. The number of nitrogens with zero attached hydrogens (tertiary/aromatic N) is 1. The molecule has 1 aliphatic rings. The third-order valence-corrected chi connectivity index (χ3v) is 4.10. The molecule has 1 aliphatic heterocycles. The van der Waals surface area contributed by atoms with Gasteiger partial charge in [0.05, 0.1) is 15.7 Å². The summed E-state index contributed by atoms with van der Waals surface area (Å²) in [7, 11) is 0. The van der Waals surface area contributed by atoms with Gasteiger partial charge in [-0.25, -0.2) is 5.01 Å². The van der Waals surface area contributed by atoms with Gasteiger partial charge in [0.1, 0.15) is 12.2 Å². The number of carbonyl (C=O) groups excluding carboxylic acids is 2. The molecule has 0 saturated carbocycles. The summed E-state index contributed by atoms with van der Waals surface area (Å²) in [6, 6.07) is 11.9. The Balaban J connectivity index is 1.92. The quantitative estimate of drug-likeness (QED) is 0.497. The number of nitrogens with one attached hydrogen (secondary N) is 1. The van der Waals surface area contributed by atoms with E-state index in [2.05, 4.69) is 11.3 Å². The Labute approximate surface area is 160 Å². The molecule has 5 nitrogen and oxygen atoms in total. The van der Waals surface area contributed by atoms with Crippen LogP contribution in [0.15, 0.2) is 48.0 Å². The van der Waals surface area contributed by atoms with Crippen molar-refractivity contribution < 1.29 is 14.3 Å². The van der Waals surface area contributed by atoms with Gasteiger partial charge in [0.15, 0.2) is 5.75 Å². The van der Waals surface area contributed by atoms with Crippen LogP contribution in [0, 0.1) is 12.3 Å². The molecule has 2 aromatic rings. The zero-order valence-electron chi connectivity index (χ0n) is 13.3. The number of halogens is 2. The van der Waals surface area contributed by atoms with E-state index in [0.29, 0.717) is 11.3 Å². The van der Waals surface area contributed by atoms with Crippen LogP contribution in [-0.2, 0) is 9.59 Å². The summed E-state index contributed by atoms with van der Waals surface area (Å²) in [6.45, 7) is 0.0206. The predicted octanol–water partition coefficient (Wildman–Crippen LogP) is 3.47. The highest BCUT2D eigenvalue weighted by atomic mass is 35.5. The molecule has 3 rings (SSSR count). The number of hydrogen-bond donors (Lipinski definition) is 1. The SMILES string of the molecule is C#CCOc1c(Cl)cc(C=C2C(=O)NN(c3ccccc3)C2=O)cc1Cl. The van der Waals surface area contributed by atoms with Crippen LogP contribution >= 0.6 is 23.2 Å². The molecule has 1 N–H and O–H groups in total. The first-order valence-corrected chi connectivity index (χ1v) is 8.24. The molecule has 0 bridgehead atoms. The number of rotatable bonds is 4. The van der Waals surface area contributed by atoms with Crippen molar-refractivity contribution in [2.75, 3.05) is 11.6 Å². The van der Waals surface area contributed by atoms with Crippen molar-refractivity contribution in [3.8, 4) is 18.1 Å². The summed E-state index contributed by atoms with van der Waals surface area (Å²) in [5, 5.41) is 1.64. The molecule has 7 heteroatoms. The van der Waals surface area contributed by atoms with Crippen LogP contribution in [0.5, 0.6) is 5.75 Å². The van der Waals surface area contributed by atoms with Crippen molar-refractivity contribution in [3.63, 3.8) is 0 Å². The van der Waals surface area contributed by atoms with Gasteiger partial charge in [0, 0.05) is 0 Å². The number of hydrogen-bond acceptors (Lipinski definition) is 3. The van der Waals surface area contributed by atoms with E-state index in [4.69, 9.17) is 34.4 Å². The van der Waals surface area contributed by atoms with Gasteiger partial charge in [0.2, 0.25) is 0 Å². The fourth-order valence-corrected chi connectivity index (χ4v) is 3.01. The van der Waals surface area contributed by atoms with Crippen LogP contribution in [0.2, 0.25) is 10.0 Å². The van der Waals surface area contributed by atoms with Crippen LogP contribution in [0.3, 0.4) is 0 Å². The van der Waals surface area contributed by atoms with E-state index in [0.717, 1.165) is 0 Å². The first kappa shape index (κ1) is 17.9. The van der Waals surface area contributed by atoms with Gasteiger partial charge in [-0.3, -0.25) is 15.0 Å². The van der Waals surface area contributed by atoms with Gasteiger partial charge in [-0.05, 0) is 35.9 Å². The highest BCUT2D eigenvalue weighted by molar-refractivity contribution is 6.37. The summed E-state index contributed by atoms with van der Waals surface area (Å²) in [6.07, 6.45) is 6.57. The molecule has 130 valence electrons. The van der Waals surface area contributed by atoms with Gasteiger partial charge in [-0.2, -0.15) is 0 Å². The van der Waals surface area contributed by atoms with Gasteiger partial charge < -0.3 is 4.74 Å². The number of anilines is 1. The summed E-state index contributed by atoms with van der Waals surface area (Å²) in [4.78, 5) is 24.8. The van der Waals surface area contributed by atoms with Gasteiger partial charge in [-0.15, -0.1) is 6.42 Å². The molecule has 1 saturated heterocycles. The largest absolute Gasteiger partial charge is 0.478 e. The molecule has 0 aliphatic carbocycles. The Hall–Kier alpha value is -2.94. The third kappa shape index (κ3) is 3.52. The van der Waals surface area contributed by atoms with Crippen LogP contribution in [-0.4, -0.2) is 18.4 Å². The standard InChI is InChI=1S/C19H12Cl2N2O3/c1-2-8-26-17-15(20)10-12(11-16(17)21)9-14-18(24)22-23(19(14)25)13-6-4-3-5-7-13/h1,3-7,9-11H,8H2,(H,22,24). The second kappa shape index (κ2) is 7.52. The van der Waals surface area contributed by atoms with Gasteiger partial charge in [0.25, 0.3) is 11.8 Å². The highest BCUT2D eigenvalue weighted by Gasteiger charge is 2.34. The molecular formula is C19H12Cl2N2O3. The summed E-state index contributed by atoms with van der Waals surface area (Å²) < 4.78 is 5.28. The van der Waals surface area contributed by atoms with E-state index < -0.39 is 11.8 Å². The van der Waals surface area contributed by atoms with Gasteiger partial charge >= 0.3 is 0 Å². The zero-order chi connectivity index (χ0) is 18.7. The fraction of sp³-hybridized carbons (Fsp3) is 0.0526. The average molecular weight is 387 g/mol. The Morgan fingerprint density at radius 3 is 2.42 bits per heavy atom. The molecule has 0 aromatic heterocycles. The molecule has 0 spiro atoms. The van der Waals surface area contributed by atoms with Crippen LogP contribution in [0.4, 0.5) is 5.69 Å². The van der Waals surface area contributed by atoms with E-state index in [-0.39, 0.29) is 28.0 Å². The van der Waals surface area contributed by atoms with Crippen molar-refractivity contribution in [3.05, 3.63) is 63.6 Å². The number of hydrazine groups is 1. The monoisotopic (exact) mass is 386 g/mol. The average Bonchev–Trinajstić information content (AvgIpc) is 2.90. The lowest BCUT2D eigenvalue weighted by Gasteiger charge is -2.13. The second-order valence-electron chi connectivity index (χ2n) is 5.28. The first-order chi connectivity index (χ1) is 12.5.